The molecular weight excluding hydrogens is 398 g/mol. The largest absolute Gasteiger partial charge is 0.483 e. The first-order valence-corrected chi connectivity index (χ1v) is 10.6. The standard InChI is InChI=1S/C24H26ClN3O2/c1-17-13-21(25)14-18(2)24(17)30-16-22(29)28-11-9-27(10-12-28)15-20-6-3-5-19-7-4-8-26-23(19)20/h3-8,13-14H,9-12,15-16H2,1-2H3. The fourth-order valence-corrected chi connectivity index (χ4v) is 4.37. The molecule has 1 aliphatic heterocycles. The van der Waals surface area contributed by atoms with Gasteiger partial charge in [0.15, 0.2) is 6.61 Å². The van der Waals surface area contributed by atoms with Gasteiger partial charge in [-0.3, -0.25) is 14.7 Å². The number of fused-ring (bicyclic) bond motifs is 1. The maximum atomic E-state index is 12.6. The van der Waals surface area contributed by atoms with E-state index in [1.165, 1.54) is 5.56 Å². The molecule has 4 rings (SSSR count). The van der Waals surface area contributed by atoms with E-state index in [1.807, 2.05) is 43.1 Å². The quantitative estimate of drug-likeness (QED) is 0.616. The molecule has 2 aromatic carbocycles. The number of aryl methyl sites for hydroxylation is 2. The number of aromatic nitrogens is 1. The van der Waals surface area contributed by atoms with Crippen LogP contribution in [0.1, 0.15) is 16.7 Å². The lowest BCUT2D eigenvalue weighted by Gasteiger charge is -2.34. The smallest absolute Gasteiger partial charge is 0.260 e. The highest BCUT2D eigenvalue weighted by atomic mass is 35.5. The molecule has 1 amide bonds. The van der Waals surface area contributed by atoms with Gasteiger partial charge in [-0.1, -0.05) is 35.9 Å². The van der Waals surface area contributed by atoms with Crippen LogP contribution in [0, 0.1) is 13.8 Å². The van der Waals surface area contributed by atoms with Crippen LogP contribution in [0.25, 0.3) is 10.9 Å². The Hall–Kier alpha value is -2.63. The van der Waals surface area contributed by atoms with Crippen molar-refractivity contribution in [3.63, 3.8) is 0 Å². The zero-order valence-corrected chi connectivity index (χ0v) is 18.2. The zero-order chi connectivity index (χ0) is 21.1. The van der Waals surface area contributed by atoms with Gasteiger partial charge in [-0.25, -0.2) is 0 Å². The molecule has 156 valence electrons. The highest BCUT2D eigenvalue weighted by molar-refractivity contribution is 6.30. The molecule has 0 N–H and O–H groups in total. The second kappa shape index (κ2) is 9.02. The second-order valence-corrected chi connectivity index (χ2v) is 8.24. The summed E-state index contributed by atoms with van der Waals surface area (Å²) in [6, 6.07) is 14.1. The summed E-state index contributed by atoms with van der Waals surface area (Å²) in [5, 5.41) is 1.84. The average Bonchev–Trinajstić information content (AvgIpc) is 2.73. The zero-order valence-electron chi connectivity index (χ0n) is 17.4. The molecule has 1 saturated heterocycles. The van der Waals surface area contributed by atoms with Crippen molar-refractivity contribution in [2.24, 2.45) is 0 Å². The number of para-hydroxylation sites is 1. The van der Waals surface area contributed by atoms with Crippen molar-refractivity contribution in [3.8, 4) is 5.75 Å². The maximum Gasteiger partial charge on any atom is 0.260 e. The summed E-state index contributed by atoms with van der Waals surface area (Å²) in [5.41, 5.74) is 4.17. The summed E-state index contributed by atoms with van der Waals surface area (Å²) < 4.78 is 5.84. The van der Waals surface area contributed by atoms with Gasteiger partial charge >= 0.3 is 0 Å². The van der Waals surface area contributed by atoms with E-state index in [4.69, 9.17) is 16.3 Å². The van der Waals surface area contributed by atoms with E-state index in [-0.39, 0.29) is 12.5 Å². The lowest BCUT2D eigenvalue weighted by Crippen LogP contribution is -2.49. The normalized spacial score (nSPS) is 14.8. The summed E-state index contributed by atoms with van der Waals surface area (Å²) in [6.45, 7) is 7.88. The molecule has 0 spiro atoms. The monoisotopic (exact) mass is 423 g/mol. The highest BCUT2D eigenvalue weighted by Gasteiger charge is 2.22. The number of benzene rings is 2. The van der Waals surface area contributed by atoms with E-state index >= 15 is 0 Å². The number of amides is 1. The Morgan fingerprint density at radius 3 is 2.50 bits per heavy atom. The van der Waals surface area contributed by atoms with Gasteiger partial charge in [-0.15, -0.1) is 0 Å². The number of rotatable bonds is 5. The predicted octanol–water partition coefficient (Wildman–Crippen LogP) is 4.23. The van der Waals surface area contributed by atoms with Gasteiger partial charge in [-0.2, -0.15) is 0 Å². The van der Waals surface area contributed by atoms with Crippen molar-refractivity contribution in [1.29, 1.82) is 0 Å². The van der Waals surface area contributed by atoms with Crippen LogP contribution in [-0.4, -0.2) is 53.5 Å². The lowest BCUT2D eigenvalue weighted by molar-refractivity contribution is -0.135. The van der Waals surface area contributed by atoms with Crippen LogP contribution >= 0.6 is 11.6 Å². The summed E-state index contributed by atoms with van der Waals surface area (Å²) in [6.07, 6.45) is 1.84. The fourth-order valence-electron chi connectivity index (χ4n) is 4.04. The predicted molar refractivity (Wildman–Crippen MR) is 120 cm³/mol. The molecule has 1 aliphatic rings. The third kappa shape index (κ3) is 4.58. The second-order valence-electron chi connectivity index (χ2n) is 7.81. The molecule has 3 aromatic rings. The topological polar surface area (TPSA) is 45.7 Å². The number of carbonyl (C=O) groups is 1. The van der Waals surface area contributed by atoms with Crippen LogP contribution in [0.2, 0.25) is 5.02 Å². The molecule has 1 aromatic heterocycles. The highest BCUT2D eigenvalue weighted by Crippen LogP contribution is 2.27. The first kappa shape index (κ1) is 20.6. The Labute approximate surface area is 182 Å². The van der Waals surface area contributed by atoms with Crippen molar-refractivity contribution in [1.82, 2.24) is 14.8 Å². The molecular formula is C24H26ClN3O2. The molecule has 0 unspecified atom stereocenters. The molecule has 30 heavy (non-hydrogen) atoms. The van der Waals surface area contributed by atoms with Gasteiger partial charge in [0.2, 0.25) is 0 Å². The number of pyridine rings is 1. The summed E-state index contributed by atoms with van der Waals surface area (Å²) >= 11 is 6.07. The van der Waals surface area contributed by atoms with Gasteiger partial charge in [0, 0.05) is 49.3 Å². The minimum Gasteiger partial charge on any atom is -0.483 e. The van der Waals surface area contributed by atoms with E-state index in [9.17, 15) is 4.79 Å². The van der Waals surface area contributed by atoms with E-state index in [1.54, 1.807) is 0 Å². The number of carbonyl (C=O) groups excluding carboxylic acids is 1. The third-order valence-corrected chi connectivity index (χ3v) is 5.82. The lowest BCUT2D eigenvalue weighted by atomic mass is 10.1. The van der Waals surface area contributed by atoms with Crippen molar-refractivity contribution in [3.05, 3.63) is 70.4 Å². The van der Waals surface area contributed by atoms with Crippen molar-refractivity contribution < 1.29 is 9.53 Å². The maximum absolute atomic E-state index is 12.6. The molecule has 0 saturated carbocycles. The van der Waals surface area contributed by atoms with Gasteiger partial charge in [0.25, 0.3) is 5.91 Å². The molecule has 2 heterocycles. The molecule has 0 radical (unpaired) electrons. The number of nitrogens with zero attached hydrogens (tertiary/aromatic N) is 3. The molecule has 0 bridgehead atoms. The van der Waals surface area contributed by atoms with Crippen LogP contribution in [0.5, 0.6) is 5.75 Å². The Balaban J connectivity index is 1.31. The van der Waals surface area contributed by atoms with Crippen molar-refractivity contribution in [2.75, 3.05) is 32.8 Å². The van der Waals surface area contributed by atoms with Gasteiger partial charge in [0.1, 0.15) is 5.75 Å². The first-order valence-electron chi connectivity index (χ1n) is 10.2. The number of ether oxygens (including phenoxy) is 1. The Morgan fingerprint density at radius 2 is 1.77 bits per heavy atom. The van der Waals surface area contributed by atoms with Crippen molar-refractivity contribution in [2.45, 2.75) is 20.4 Å². The summed E-state index contributed by atoms with van der Waals surface area (Å²) in [5.74, 6) is 0.769. The van der Waals surface area contributed by atoms with Gasteiger partial charge in [0.05, 0.1) is 5.52 Å². The van der Waals surface area contributed by atoms with Crippen LogP contribution in [0.15, 0.2) is 48.7 Å². The van der Waals surface area contributed by atoms with Crippen LogP contribution in [0.3, 0.4) is 0 Å². The SMILES string of the molecule is Cc1cc(Cl)cc(C)c1OCC(=O)N1CCN(Cc2cccc3cccnc23)CC1. The summed E-state index contributed by atoms with van der Waals surface area (Å²) in [4.78, 5) is 21.5. The minimum atomic E-state index is 0.0234. The van der Waals surface area contributed by atoms with Crippen molar-refractivity contribution >= 4 is 28.4 Å². The van der Waals surface area contributed by atoms with Crippen LogP contribution in [-0.2, 0) is 11.3 Å². The molecule has 6 heteroatoms. The Kier molecular flexibility index (Phi) is 6.21. The average molecular weight is 424 g/mol. The van der Waals surface area contributed by atoms with E-state index < -0.39 is 0 Å². The Bertz CT molecular complexity index is 1030. The van der Waals surface area contributed by atoms with E-state index in [2.05, 4.69) is 34.1 Å². The third-order valence-electron chi connectivity index (χ3n) is 5.60. The van der Waals surface area contributed by atoms with E-state index in [0.29, 0.717) is 18.1 Å². The Morgan fingerprint density at radius 1 is 1.07 bits per heavy atom. The number of piperazine rings is 1. The number of hydrogen-bond donors (Lipinski definition) is 0. The summed E-state index contributed by atoms with van der Waals surface area (Å²) in [7, 11) is 0. The molecule has 1 fully saturated rings. The fraction of sp³-hybridized carbons (Fsp3) is 0.333. The van der Waals surface area contributed by atoms with Crippen LogP contribution < -0.4 is 4.74 Å². The first-order chi connectivity index (χ1) is 14.5. The van der Waals surface area contributed by atoms with Crippen LogP contribution in [0.4, 0.5) is 0 Å². The van der Waals surface area contributed by atoms with E-state index in [0.717, 1.165) is 47.4 Å². The molecule has 5 nitrogen and oxygen atoms in total. The number of hydrogen-bond acceptors (Lipinski definition) is 4. The number of halogens is 1. The van der Waals surface area contributed by atoms with Gasteiger partial charge < -0.3 is 9.64 Å². The molecule has 0 aliphatic carbocycles. The molecule has 0 atom stereocenters. The van der Waals surface area contributed by atoms with Gasteiger partial charge in [-0.05, 0) is 48.7 Å². The minimum absolute atomic E-state index is 0.0234.